The predicted octanol–water partition coefficient (Wildman–Crippen LogP) is 3.05. The number of carbonyl (C=O) groups excluding carboxylic acids is 4. The van der Waals surface area contributed by atoms with E-state index in [0.29, 0.717) is 36.1 Å². The van der Waals surface area contributed by atoms with Crippen LogP contribution in [0.4, 0.5) is 5.69 Å². The standard InChI is InChI=1S/C32H39N7O4/c1-31(2,3)14-26(29(42)38-18-32(13-22(38)15-33)23-6-4-5-7-24(23)37-30(32)43)36-28(41)25(12-19-8-9-19)35-27(40)20-16-34-39(17-20)21-10-11-21/h4-7,16-17,19,21-22,25-26H,8-14,18H2,1-3H3,(H,35,40)(H,36,41)(H,37,43)/t22-,25-,26-,32-/m0/s1. The van der Waals surface area contributed by atoms with E-state index < -0.39 is 35.4 Å². The summed E-state index contributed by atoms with van der Waals surface area (Å²) < 4.78 is 1.79. The van der Waals surface area contributed by atoms with Gasteiger partial charge in [-0.1, -0.05) is 51.8 Å². The first-order chi connectivity index (χ1) is 20.5. The molecule has 3 heterocycles. The molecule has 11 heteroatoms. The highest BCUT2D eigenvalue weighted by Crippen LogP contribution is 2.46. The van der Waals surface area contributed by atoms with E-state index >= 15 is 0 Å². The van der Waals surface area contributed by atoms with Crippen LogP contribution in [-0.4, -0.2) is 63.0 Å². The van der Waals surface area contributed by atoms with E-state index in [2.05, 4.69) is 27.1 Å². The first-order valence-corrected chi connectivity index (χ1v) is 15.2. The van der Waals surface area contributed by atoms with Crippen molar-refractivity contribution in [3.8, 4) is 6.07 Å². The Balaban J connectivity index is 1.21. The van der Waals surface area contributed by atoms with Gasteiger partial charge in [0.1, 0.15) is 18.1 Å². The number of hydrogen-bond donors (Lipinski definition) is 3. The van der Waals surface area contributed by atoms with Crippen LogP contribution in [0.15, 0.2) is 36.7 Å². The van der Waals surface area contributed by atoms with Crippen LogP contribution in [0.5, 0.6) is 0 Å². The first-order valence-electron chi connectivity index (χ1n) is 15.2. The molecule has 0 unspecified atom stereocenters. The molecule has 1 saturated heterocycles. The van der Waals surface area contributed by atoms with Crippen LogP contribution >= 0.6 is 0 Å². The van der Waals surface area contributed by atoms with E-state index in [4.69, 9.17) is 0 Å². The molecule has 3 fully saturated rings. The molecule has 1 spiro atoms. The molecule has 4 aliphatic rings. The Morgan fingerprint density at radius 1 is 1.14 bits per heavy atom. The third-order valence-electron chi connectivity index (χ3n) is 9.02. The van der Waals surface area contributed by atoms with Crippen molar-refractivity contribution < 1.29 is 19.2 Å². The first kappa shape index (κ1) is 28.9. The van der Waals surface area contributed by atoms with Crippen LogP contribution in [0, 0.1) is 22.7 Å². The number of amides is 4. The van der Waals surface area contributed by atoms with Crippen LogP contribution in [0.1, 0.15) is 87.7 Å². The average Bonchev–Trinajstić information content (AvgIpc) is 3.87. The molecular weight excluding hydrogens is 546 g/mol. The van der Waals surface area contributed by atoms with Gasteiger partial charge in [0.2, 0.25) is 17.7 Å². The van der Waals surface area contributed by atoms with Crippen LogP contribution in [-0.2, 0) is 19.8 Å². The third-order valence-corrected chi connectivity index (χ3v) is 9.02. The number of aromatic nitrogens is 2. The molecule has 1 aromatic carbocycles. The SMILES string of the molecule is CC(C)(C)C[C@H](NC(=O)[C@H](CC1CC1)NC(=O)c1cnn(C2CC2)c1)C(=O)N1C[C@]2(C[C@H]1C#N)C(=O)Nc1ccccc12. The number of fused-ring (bicyclic) bond motifs is 2. The number of nitrogens with zero attached hydrogens (tertiary/aromatic N) is 4. The van der Waals surface area contributed by atoms with E-state index in [0.717, 1.165) is 31.2 Å². The molecule has 2 aliphatic heterocycles. The van der Waals surface area contributed by atoms with E-state index in [9.17, 15) is 24.4 Å². The Morgan fingerprint density at radius 2 is 1.88 bits per heavy atom. The van der Waals surface area contributed by atoms with Gasteiger partial charge in [-0.2, -0.15) is 10.4 Å². The molecular formula is C32H39N7O4. The van der Waals surface area contributed by atoms with Crippen molar-refractivity contribution in [3.05, 3.63) is 47.8 Å². The number of para-hydroxylation sites is 1. The summed E-state index contributed by atoms with van der Waals surface area (Å²) in [5, 5.41) is 23.1. The Kier molecular flexibility index (Phi) is 7.27. The van der Waals surface area contributed by atoms with Crippen LogP contribution in [0.2, 0.25) is 0 Å². The highest BCUT2D eigenvalue weighted by atomic mass is 16.2. The summed E-state index contributed by atoms with van der Waals surface area (Å²) >= 11 is 0. The van der Waals surface area contributed by atoms with E-state index in [1.54, 1.807) is 10.9 Å². The molecule has 4 atom stereocenters. The fourth-order valence-corrected chi connectivity index (χ4v) is 6.42. The van der Waals surface area contributed by atoms with Crippen molar-refractivity contribution in [2.45, 2.75) is 95.3 Å². The van der Waals surface area contributed by atoms with Crippen molar-refractivity contribution in [3.63, 3.8) is 0 Å². The fourth-order valence-electron chi connectivity index (χ4n) is 6.42. The average molecular weight is 586 g/mol. The van der Waals surface area contributed by atoms with Crippen LogP contribution in [0.25, 0.3) is 0 Å². The number of hydrogen-bond acceptors (Lipinski definition) is 6. The minimum absolute atomic E-state index is 0.0522. The minimum Gasteiger partial charge on any atom is -0.342 e. The maximum atomic E-state index is 14.2. The Hall–Kier alpha value is -4.20. The third kappa shape index (κ3) is 5.88. The summed E-state index contributed by atoms with van der Waals surface area (Å²) in [7, 11) is 0. The zero-order valence-corrected chi connectivity index (χ0v) is 24.9. The smallest absolute Gasteiger partial charge is 0.255 e. The molecule has 3 N–H and O–H groups in total. The van der Waals surface area contributed by atoms with Gasteiger partial charge in [-0.25, -0.2) is 0 Å². The number of nitrogens with one attached hydrogen (secondary N) is 3. The second-order valence-corrected chi connectivity index (χ2v) is 13.9. The summed E-state index contributed by atoms with van der Waals surface area (Å²) in [4.78, 5) is 55.8. The molecule has 0 radical (unpaired) electrons. The van der Waals surface area contributed by atoms with Gasteiger partial charge in [-0.15, -0.1) is 0 Å². The number of anilines is 1. The lowest BCUT2D eigenvalue weighted by atomic mass is 9.80. The van der Waals surface area contributed by atoms with Crippen LogP contribution < -0.4 is 16.0 Å². The molecule has 2 saturated carbocycles. The lowest BCUT2D eigenvalue weighted by molar-refractivity contribution is -0.138. The molecule has 2 aromatic rings. The molecule has 226 valence electrons. The highest BCUT2D eigenvalue weighted by Gasteiger charge is 2.56. The van der Waals surface area contributed by atoms with Gasteiger partial charge in [-0.05, 0) is 48.6 Å². The van der Waals surface area contributed by atoms with Gasteiger partial charge in [0, 0.05) is 24.8 Å². The number of rotatable bonds is 9. The predicted molar refractivity (Wildman–Crippen MR) is 158 cm³/mol. The summed E-state index contributed by atoms with van der Waals surface area (Å²) in [6, 6.07) is 7.36. The number of likely N-dealkylation sites (tertiary alicyclic amines) is 1. The summed E-state index contributed by atoms with van der Waals surface area (Å²) in [6.07, 6.45) is 8.29. The van der Waals surface area contributed by atoms with Gasteiger partial charge in [-0.3, -0.25) is 23.9 Å². The quantitative estimate of drug-likeness (QED) is 0.412. The Labute approximate surface area is 251 Å². The maximum Gasteiger partial charge on any atom is 0.255 e. The van der Waals surface area contributed by atoms with Gasteiger partial charge in [0.25, 0.3) is 5.91 Å². The normalized spacial score (nSPS) is 24.2. The number of benzene rings is 1. The molecule has 1 aromatic heterocycles. The zero-order valence-electron chi connectivity index (χ0n) is 24.9. The largest absolute Gasteiger partial charge is 0.342 e. The van der Waals surface area contributed by atoms with E-state index in [-0.39, 0.29) is 30.2 Å². The van der Waals surface area contributed by atoms with Gasteiger partial charge in [0.05, 0.1) is 29.3 Å². The molecule has 4 amide bonds. The van der Waals surface area contributed by atoms with Gasteiger partial charge in [0.15, 0.2) is 0 Å². The Morgan fingerprint density at radius 3 is 2.56 bits per heavy atom. The second-order valence-electron chi connectivity index (χ2n) is 13.9. The van der Waals surface area contributed by atoms with E-state index in [1.165, 1.54) is 11.1 Å². The maximum absolute atomic E-state index is 14.2. The second kappa shape index (κ2) is 10.8. The van der Waals surface area contributed by atoms with Gasteiger partial charge < -0.3 is 20.9 Å². The van der Waals surface area contributed by atoms with Crippen molar-refractivity contribution in [1.29, 1.82) is 5.26 Å². The van der Waals surface area contributed by atoms with Crippen molar-refractivity contribution in [1.82, 2.24) is 25.3 Å². The highest BCUT2D eigenvalue weighted by molar-refractivity contribution is 6.07. The minimum atomic E-state index is -1.02. The lowest BCUT2D eigenvalue weighted by Gasteiger charge is -2.32. The zero-order chi connectivity index (χ0) is 30.5. The fraction of sp³-hybridized carbons (Fsp3) is 0.562. The lowest BCUT2D eigenvalue weighted by Crippen LogP contribution is -2.56. The van der Waals surface area contributed by atoms with Crippen LogP contribution in [0.3, 0.4) is 0 Å². The van der Waals surface area contributed by atoms with Crippen molar-refractivity contribution in [2.75, 3.05) is 11.9 Å². The van der Waals surface area contributed by atoms with Gasteiger partial charge >= 0.3 is 0 Å². The summed E-state index contributed by atoms with van der Waals surface area (Å²) in [5.74, 6) is -1.08. The van der Waals surface area contributed by atoms with Crippen molar-refractivity contribution >= 4 is 29.3 Å². The number of carbonyl (C=O) groups is 4. The molecule has 43 heavy (non-hydrogen) atoms. The number of nitriles is 1. The van der Waals surface area contributed by atoms with Crippen molar-refractivity contribution in [2.24, 2.45) is 11.3 Å². The monoisotopic (exact) mass is 585 g/mol. The summed E-state index contributed by atoms with van der Waals surface area (Å²) in [5.41, 5.74) is 0.522. The molecule has 0 bridgehead atoms. The van der Waals surface area contributed by atoms with E-state index in [1.807, 2.05) is 45.0 Å². The molecule has 6 rings (SSSR count). The molecule has 2 aliphatic carbocycles. The molecule has 11 nitrogen and oxygen atoms in total. The topological polar surface area (TPSA) is 149 Å². The summed E-state index contributed by atoms with van der Waals surface area (Å²) in [6.45, 7) is 5.99. The Bertz CT molecular complexity index is 1500.